The van der Waals surface area contributed by atoms with Crippen molar-refractivity contribution < 1.29 is 4.79 Å². The van der Waals surface area contributed by atoms with Crippen LogP contribution in [0, 0.1) is 5.92 Å². The zero-order valence-corrected chi connectivity index (χ0v) is 9.47. The number of aromatic nitrogens is 1. The first kappa shape index (κ1) is 11.1. The molecule has 16 heavy (non-hydrogen) atoms. The summed E-state index contributed by atoms with van der Waals surface area (Å²) in [4.78, 5) is 17.8. The molecule has 1 saturated carbocycles. The fourth-order valence-corrected chi connectivity index (χ4v) is 2.21. The third-order valence-corrected chi connectivity index (χ3v) is 3.20. The molecule has 86 valence electrons. The lowest BCUT2D eigenvalue weighted by Gasteiger charge is -2.20. The molecule has 0 bridgehead atoms. The maximum Gasteiger partial charge on any atom is 0.229 e. The van der Waals surface area contributed by atoms with Crippen LogP contribution in [0.2, 0.25) is 0 Å². The minimum Gasteiger partial charge on any atom is -0.328 e. The molecule has 1 fully saturated rings. The lowest BCUT2D eigenvalue weighted by atomic mass is 10.1. The predicted octanol–water partition coefficient (Wildman–Crippen LogP) is 1.17. The molecule has 2 unspecified atom stereocenters. The van der Waals surface area contributed by atoms with Gasteiger partial charge in [-0.25, -0.2) is 0 Å². The maximum absolute atomic E-state index is 12.1. The van der Waals surface area contributed by atoms with E-state index in [0.717, 1.165) is 24.9 Å². The summed E-state index contributed by atoms with van der Waals surface area (Å²) in [5, 5.41) is 0. The van der Waals surface area contributed by atoms with Gasteiger partial charge in [-0.05, 0) is 31.4 Å². The van der Waals surface area contributed by atoms with Crippen molar-refractivity contribution in [1.29, 1.82) is 0 Å². The van der Waals surface area contributed by atoms with E-state index in [1.807, 2.05) is 19.2 Å². The highest BCUT2D eigenvalue weighted by Crippen LogP contribution is 2.27. The zero-order valence-electron chi connectivity index (χ0n) is 9.47. The summed E-state index contributed by atoms with van der Waals surface area (Å²) in [5.41, 5.74) is 6.71. The summed E-state index contributed by atoms with van der Waals surface area (Å²) in [6.07, 6.45) is 6.07. The van der Waals surface area contributed by atoms with E-state index in [9.17, 15) is 4.79 Å². The molecule has 1 amide bonds. The lowest BCUT2D eigenvalue weighted by Crippen LogP contribution is -2.32. The first-order valence-electron chi connectivity index (χ1n) is 5.61. The van der Waals surface area contributed by atoms with Gasteiger partial charge in [0.1, 0.15) is 0 Å². The van der Waals surface area contributed by atoms with Crippen molar-refractivity contribution in [2.45, 2.75) is 25.3 Å². The van der Waals surface area contributed by atoms with Gasteiger partial charge >= 0.3 is 0 Å². The van der Waals surface area contributed by atoms with Crippen molar-refractivity contribution >= 4 is 11.6 Å². The quantitative estimate of drug-likeness (QED) is 0.812. The molecule has 1 heterocycles. The Morgan fingerprint density at radius 1 is 1.44 bits per heavy atom. The van der Waals surface area contributed by atoms with Gasteiger partial charge in [0.2, 0.25) is 5.91 Å². The van der Waals surface area contributed by atoms with Gasteiger partial charge in [-0.1, -0.05) is 0 Å². The van der Waals surface area contributed by atoms with Crippen molar-refractivity contribution in [1.82, 2.24) is 4.98 Å². The Labute approximate surface area is 95.5 Å². The second-order valence-corrected chi connectivity index (χ2v) is 4.37. The number of hydrogen-bond acceptors (Lipinski definition) is 3. The standard InChI is InChI=1S/C12H17N3O/c1-15(11-4-6-14-7-5-11)12(16)9-2-3-10(13)8-9/h4-7,9-10H,2-3,8,13H2,1H3. The van der Waals surface area contributed by atoms with E-state index in [-0.39, 0.29) is 17.9 Å². The Kier molecular flexibility index (Phi) is 3.19. The molecule has 0 aliphatic heterocycles. The predicted molar refractivity (Wildman–Crippen MR) is 63.0 cm³/mol. The van der Waals surface area contributed by atoms with Crippen LogP contribution >= 0.6 is 0 Å². The van der Waals surface area contributed by atoms with Crippen molar-refractivity contribution in [3.8, 4) is 0 Å². The lowest BCUT2D eigenvalue weighted by molar-refractivity contribution is -0.121. The summed E-state index contributed by atoms with van der Waals surface area (Å²) in [6.45, 7) is 0. The monoisotopic (exact) mass is 219 g/mol. The summed E-state index contributed by atoms with van der Waals surface area (Å²) < 4.78 is 0. The third kappa shape index (κ3) is 2.22. The number of anilines is 1. The van der Waals surface area contributed by atoms with Crippen molar-refractivity contribution in [2.24, 2.45) is 11.7 Å². The van der Waals surface area contributed by atoms with Gasteiger partial charge in [0.25, 0.3) is 0 Å². The Hall–Kier alpha value is -1.42. The van der Waals surface area contributed by atoms with Gasteiger partial charge in [0.05, 0.1) is 0 Å². The van der Waals surface area contributed by atoms with Crippen molar-refractivity contribution in [3.63, 3.8) is 0 Å². The second kappa shape index (κ2) is 4.61. The van der Waals surface area contributed by atoms with E-state index < -0.39 is 0 Å². The molecule has 4 heteroatoms. The zero-order chi connectivity index (χ0) is 11.5. The van der Waals surface area contributed by atoms with Gasteiger partial charge in [-0.3, -0.25) is 9.78 Å². The van der Waals surface area contributed by atoms with Crippen molar-refractivity contribution in [3.05, 3.63) is 24.5 Å². The first-order valence-corrected chi connectivity index (χ1v) is 5.61. The molecule has 4 nitrogen and oxygen atoms in total. The Morgan fingerprint density at radius 2 is 2.12 bits per heavy atom. The summed E-state index contributed by atoms with van der Waals surface area (Å²) in [7, 11) is 1.81. The summed E-state index contributed by atoms with van der Waals surface area (Å²) >= 11 is 0. The third-order valence-electron chi connectivity index (χ3n) is 3.20. The highest BCUT2D eigenvalue weighted by molar-refractivity contribution is 5.94. The van der Waals surface area contributed by atoms with Crippen LogP contribution in [0.3, 0.4) is 0 Å². The number of nitrogens with two attached hydrogens (primary N) is 1. The number of nitrogens with zero attached hydrogens (tertiary/aromatic N) is 2. The average Bonchev–Trinajstić information content (AvgIpc) is 2.75. The topological polar surface area (TPSA) is 59.2 Å². The van der Waals surface area contributed by atoms with Crippen LogP contribution in [-0.4, -0.2) is 24.0 Å². The second-order valence-electron chi connectivity index (χ2n) is 4.37. The molecular formula is C12H17N3O. The Balaban J connectivity index is 2.05. The fraction of sp³-hybridized carbons (Fsp3) is 0.500. The van der Waals surface area contributed by atoms with Crippen LogP contribution < -0.4 is 10.6 Å². The van der Waals surface area contributed by atoms with E-state index in [2.05, 4.69) is 4.98 Å². The molecule has 0 radical (unpaired) electrons. The molecule has 2 N–H and O–H groups in total. The van der Waals surface area contributed by atoms with Crippen LogP contribution in [0.4, 0.5) is 5.69 Å². The van der Waals surface area contributed by atoms with Crippen LogP contribution in [-0.2, 0) is 4.79 Å². The minimum absolute atomic E-state index is 0.0909. The van der Waals surface area contributed by atoms with Crippen molar-refractivity contribution in [2.75, 3.05) is 11.9 Å². The highest BCUT2D eigenvalue weighted by atomic mass is 16.2. The first-order chi connectivity index (χ1) is 7.68. The summed E-state index contributed by atoms with van der Waals surface area (Å²) in [6, 6.07) is 3.87. The molecule has 1 aromatic heterocycles. The molecule has 1 aliphatic carbocycles. The van der Waals surface area contributed by atoms with Crippen LogP contribution in [0.1, 0.15) is 19.3 Å². The fourth-order valence-electron chi connectivity index (χ4n) is 2.21. The number of rotatable bonds is 2. The normalized spacial score (nSPS) is 24.4. The Bertz CT molecular complexity index is 366. The molecule has 0 aromatic carbocycles. The van der Waals surface area contributed by atoms with E-state index in [1.54, 1.807) is 17.3 Å². The van der Waals surface area contributed by atoms with Gasteiger partial charge in [0, 0.05) is 37.1 Å². The van der Waals surface area contributed by atoms with Gasteiger partial charge in [0.15, 0.2) is 0 Å². The number of carbonyl (C=O) groups excluding carboxylic acids is 1. The minimum atomic E-state index is 0.0909. The van der Waals surface area contributed by atoms with Gasteiger partial charge in [-0.15, -0.1) is 0 Å². The van der Waals surface area contributed by atoms with E-state index in [4.69, 9.17) is 5.73 Å². The molecule has 1 aliphatic rings. The van der Waals surface area contributed by atoms with Gasteiger partial charge in [-0.2, -0.15) is 0 Å². The van der Waals surface area contributed by atoms with E-state index >= 15 is 0 Å². The largest absolute Gasteiger partial charge is 0.328 e. The molecule has 1 aromatic rings. The number of carbonyl (C=O) groups is 1. The Morgan fingerprint density at radius 3 is 2.69 bits per heavy atom. The average molecular weight is 219 g/mol. The van der Waals surface area contributed by atoms with E-state index in [0.29, 0.717) is 0 Å². The smallest absolute Gasteiger partial charge is 0.229 e. The SMILES string of the molecule is CN(C(=O)C1CCC(N)C1)c1ccncc1. The van der Waals surface area contributed by atoms with Gasteiger partial charge < -0.3 is 10.6 Å². The van der Waals surface area contributed by atoms with Crippen LogP contribution in [0.25, 0.3) is 0 Å². The molecule has 0 saturated heterocycles. The van der Waals surface area contributed by atoms with Crippen LogP contribution in [0.5, 0.6) is 0 Å². The highest BCUT2D eigenvalue weighted by Gasteiger charge is 2.30. The number of amides is 1. The molecule has 2 rings (SSSR count). The number of pyridine rings is 1. The molecule has 2 atom stereocenters. The molecule has 0 spiro atoms. The number of hydrogen-bond donors (Lipinski definition) is 1. The summed E-state index contributed by atoms with van der Waals surface area (Å²) in [5.74, 6) is 0.257. The van der Waals surface area contributed by atoms with Crippen LogP contribution in [0.15, 0.2) is 24.5 Å². The van der Waals surface area contributed by atoms with E-state index in [1.165, 1.54) is 0 Å². The molecular weight excluding hydrogens is 202 g/mol. The maximum atomic E-state index is 12.1.